The summed E-state index contributed by atoms with van der Waals surface area (Å²) >= 11 is 0. The van der Waals surface area contributed by atoms with Crippen LogP contribution in [0.2, 0.25) is 0 Å². The van der Waals surface area contributed by atoms with Crippen molar-refractivity contribution in [2.45, 2.75) is 26.2 Å². The Morgan fingerprint density at radius 1 is 0.794 bits per heavy atom. The Morgan fingerprint density at radius 3 is 1.91 bits per heavy atom. The number of rotatable bonds is 6. The van der Waals surface area contributed by atoms with Gasteiger partial charge in [-0.2, -0.15) is 0 Å². The minimum Gasteiger partial charge on any atom is -0.322 e. The average molecular weight is 480 g/mol. The Morgan fingerprint density at radius 2 is 1.35 bits per heavy atom. The van der Waals surface area contributed by atoms with Crippen LogP contribution in [0.1, 0.15) is 47.1 Å². The third-order valence-corrected chi connectivity index (χ3v) is 6.57. The number of sulfonamides is 1. The molecule has 0 atom stereocenters. The second kappa shape index (κ2) is 9.69. The number of nitrogens with zero attached hydrogens (tertiary/aromatic N) is 1. The molecule has 0 spiro atoms. The molecule has 2 N–H and O–H groups in total. The Kier molecular flexibility index (Phi) is 7.12. The number of para-hydroxylation sites is 1. The van der Waals surface area contributed by atoms with Gasteiger partial charge in [-0.15, -0.1) is 0 Å². The van der Waals surface area contributed by atoms with Crippen molar-refractivity contribution in [3.05, 3.63) is 89.5 Å². The maximum Gasteiger partial charge on any atom is 0.257 e. The van der Waals surface area contributed by atoms with Gasteiger partial charge in [0.2, 0.25) is 10.0 Å². The third-order valence-electron chi connectivity index (χ3n) is 5.38. The maximum absolute atomic E-state index is 12.9. The van der Waals surface area contributed by atoms with Crippen LogP contribution in [0.4, 0.5) is 17.1 Å². The van der Waals surface area contributed by atoms with E-state index >= 15 is 0 Å². The summed E-state index contributed by atoms with van der Waals surface area (Å²) in [5.41, 5.74) is 3.12. The molecular weight excluding hydrogens is 450 g/mol. The molecule has 3 aromatic carbocycles. The summed E-state index contributed by atoms with van der Waals surface area (Å²) in [6.45, 7) is 6.33. The predicted molar refractivity (Wildman–Crippen MR) is 137 cm³/mol. The van der Waals surface area contributed by atoms with Crippen molar-refractivity contribution in [3.8, 4) is 0 Å². The van der Waals surface area contributed by atoms with Crippen molar-refractivity contribution in [1.29, 1.82) is 0 Å². The molecule has 0 saturated heterocycles. The molecule has 2 amide bonds. The molecule has 3 rings (SSSR count). The third kappa shape index (κ3) is 6.02. The van der Waals surface area contributed by atoms with Gasteiger partial charge < -0.3 is 10.6 Å². The second-order valence-corrected chi connectivity index (χ2v) is 11.1. The van der Waals surface area contributed by atoms with E-state index in [-0.39, 0.29) is 22.6 Å². The van der Waals surface area contributed by atoms with Gasteiger partial charge in [-0.05, 0) is 53.4 Å². The highest BCUT2D eigenvalue weighted by atomic mass is 32.2. The fraction of sp³-hybridized carbons (Fsp3) is 0.231. The summed E-state index contributed by atoms with van der Waals surface area (Å²) in [7, 11) is -2.14. The lowest BCUT2D eigenvalue weighted by Crippen LogP contribution is -2.27. The zero-order valence-electron chi connectivity index (χ0n) is 19.9. The van der Waals surface area contributed by atoms with Gasteiger partial charge in [0, 0.05) is 24.0 Å². The molecule has 0 heterocycles. The molecule has 7 nitrogen and oxygen atoms in total. The first-order chi connectivity index (χ1) is 15.9. The molecule has 0 unspecified atom stereocenters. The maximum atomic E-state index is 12.9. The number of anilines is 3. The van der Waals surface area contributed by atoms with Gasteiger partial charge in [-0.1, -0.05) is 51.1 Å². The monoisotopic (exact) mass is 479 g/mol. The topological polar surface area (TPSA) is 95.6 Å². The lowest BCUT2D eigenvalue weighted by Gasteiger charge is -2.20. The standard InChI is InChI=1S/C26H29N3O4S/c1-26(2,3)19-15-13-18(14-16-19)24(30)27-20-9-8-10-21(17-20)28-25(31)22-11-6-7-12-23(22)29(4)34(5,32)33/h6-17H,1-5H3,(H,27,30)(H,28,31). The summed E-state index contributed by atoms with van der Waals surface area (Å²) in [5, 5.41) is 5.61. The highest BCUT2D eigenvalue weighted by molar-refractivity contribution is 7.92. The molecule has 34 heavy (non-hydrogen) atoms. The van der Waals surface area contributed by atoms with Gasteiger partial charge in [-0.25, -0.2) is 8.42 Å². The number of hydrogen-bond acceptors (Lipinski definition) is 4. The molecule has 178 valence electrons. The quantitative estimate of drug-likeness (QED) is 0.526. The molecule has 0 fully saturated rings. The Bertz CT molecular complexity index is 1310. The van der Waals surface area contributed by atoms with Gasteiger partial charge in [0.15, 0.2) is 0 Å². The first-order valence-electron chi connectivity index (χ1n) is 10.7. The number of carbonyl (C=O) groups is 2. The normalized spacial score (nSPS) is 11.6. The fourth-order valence-electron chi connectivity index (χ4n) is 3.32. The highest BCUT2D eigenvalue weighted by Crippen LogP contribution is 2.25. The van der Waals surface area contributed by atoms with E-state index in [2.05, 4.69) is 31.4 Å². The lowest BCUT2D eigenvalue weighted by molar-refractivity contribution is 0.101. The smallest absolute Gasteiger partial charge is 0.257 e. The first kappa shape index (κ1) is 25.0. The fourth-order valence-corrected chi connectivity index (χ4v) is 3.83. The van der Waals surface area contributed by atoms with Crippen LogP contribution in [-0.4, -0.2) is 33.5 Å². The van der Waals surface area contributed by atoms with Crippen LogP contribution < -0.4 is 14.9 Å². The summed E-state index contributed by atoms with van der Waals surface area (Å²) < 4.78 is 25.0. The predicted octanol–water partition coefficient (Wildman–Crippen LogP) is 4.88. The van der Waals surface area contributed by atoms with Gasteiger partial charge in [0.05, 0.1) is 17.5 Å². The summed E-state index contributed by atoms with van der Waals surface area (Å²) in [5.74, 6) is -0.726. The molecule has 0 aromatic heterocycles. The molecular formula is C26H29N3O4S. The highest BCUT2D eigenvalue weighted by Gasteiger charge is 2.20. The summed E-state index contributed by atoms with van der Waals surface area (Å²) in [6, 6.07) is 20.7. The van der Waals surface area contributed by atoms with E-state index < -0.39 is 15.9 Å². The lowest BCUT2D eigenvalue weighted by atomic mass is 9.87. The molecule has 0 aliphatic rings. The Hall–Kier alpha value is -3.65. The van der Waals surface area contributed by atoms with Crippen LogP contribution >= 0.6 is 0 Å². The van der Waals surface area contributed by atoms with Crippen LogP contribution in [-0.2, 0) is 15.4 Å². The molecule has 0 bridgehead atoms. The van der Waals surface area contributed by atoms with E-state index in [1.54, 1.807) is 60.7 Å². The Labute approximate surface area is 200 Å². The zero-order valence-corrected chi connectivity index (χ0v) is 20.7. The van der Waals surface area contributed by atoms with Crippen LogP contribution in [0.3, 0.4) is 0 Å². The number of nitrogens with one attached hydrogen (secondary N) is 2. The van der Waals surface area contributed by atoms with Crippen molar-refractivity contribution < 1.29 is 18.0 Å². The number of hydrogen-bond donors (Lipinski definition) is 2. The van der Waals surface area contributed by atoms with Crippen LogP contribution in [0, 0.1) is 0 Å². The number of amides is 2. The zero-order chi connectivity index (χ0) is 25.1. The minimum atomic E-state index is -3.54. The van der Waals surface area contributed by atoms with Crippen molar-refractivity contribution in [1.82, 2.24) is 0 Å². The van der Waals surface area contributed by atoms with E-state index in [0.717, 1.165) is 16.1 Å². The van der Waals surface area contributed by atoms with E-state index in [0.29, 0.717) is 16.9 Å². The van der Waals surface area contributed by atoms with Crippen LogP contribution in [0.25, 0.3) is 0 Å². The number of benzene rings is 3. The molecule has 3 aromatic rings. The van der Waals surface area contributed by atoms with E-state index in [4.69, 9.17) is 0 Å². The largest absolute Gasteiger partial charge is 0.322 e. The molecule has 0 saturated carbocycles. The molecule has 0 aliphatic carbocycles. The van der Waals surface area contributed by atoms with Crippen LogP contribution in [0.15, 0.2) is 72.8 Å². The van der Waals surface area contributed by atoms with Gasteiger partial charge in [-0.3, -0.25) is 13.9 Å². The van der Waals surface area contributed by atoms with Crippen molar-refractivity contribution in [3.63, 3.8) is 0 Å². The number of carbonyl (C=O) groups excluding carboxylic acids is 2. The molecule has 8 heteroatoms. The van der Waals surface area contributed by atoms with Crippen LogP contribution in [0.5, 0.6) is 0 Å². The molecule has 0 radical (unpaired) electrons. The first-order valence-corrected chi connectivity index (χ1v) is 12.6. The summed E-state index contributed by atoms with van der Waals surface area (Å²) in [6.07, 6.45) is 1.07. The van der Waals surface area contributed by atoms with E-state index in [1.165, 1.54) is 7.05 Å². The van der Waals surface area contributed by atoms with Crippen molar-refractivity contribution in [2.24, 2.45) is 0 Å². The van der Waals surface area contributed by atoms with Gasteiger partial charge >= 0.3 is 0 Å². The second-order valence-electron chi connectivity index (χ2n) is 9.06. The Balaban J connectivity index is 1.76. The van der Waals surface area contributed by atoms with Crippen molar-refractivity contribution in [2.75, 3.05) is 28.2 Å². The van der Waals surface area contributed by atoms with Crippen molar-refractivity contribution >= 4 is 38.9 Å². The minimum absolute atomic E-state index is 0.00369. The van der Waals surface area contributed by atoms with Gasteiger partial charge in [0.25, 0.3) is 11.8 Å². The van der Waals surface area contributed by atoms with E-state index in [9.17, 15) is 18.0 Å². The summed E-state index contributed by atoms with van der Waals surface area (Å²) in [4.78, 5) is 25.6. The van der Waals surface area contributed by atoms with E-state index in [1.807, 2.05) is 12.1 Å². The molecule has 0 aliphatic heterocycles. The SMILES string of the molecule is CN(c1ccccc1C(=O)Nc1cccc(NC(=O)c2ccc(C(C)(C)C)cc2)c1)S(C)(=O)=O. The average Bonchev–Trinajstić information content (AvgIpc) is 2.77. The van der Waals surface area contributed by atoms with Gasteiger partial charge in [0.1, 0.15) is 0 Å².